The van der Waals surface area contributed by atoms with Crippen molar-refractivity contribution in [3.63, 3.8) is 0 Å². The first-order valence-corrected chi connectivity index (χ1v) is 10.9. The molecule has 0 aromatic heterocycles. The number of esters is 1. The Bertz CT molecular complexity index is 961. The average molecular weight is 422 g/mol. The van der Waals surface area contributed by atoms with Gasteiger partial charge in [-0.25, -0.2) is 17.6 Å². The van der Waals surface area contributed by atoms with Gasteiger partial charge < -0.3 is 10.1 Å². The van der Waals surface area contributed by atoms with Crippen molar-refractivity contribution in [3.8, 4) is 0 Å². The van der Waals surface area contributed by atoms with Crippen LogP contribution in [0.25, 0.3) is 0 Å². The third-order valence-electron chi connectivity index (χ3n) is 3.94. The summed E-state index contributed by atoms with van der Waals surface area (Å²) in [6, 6.07) is 11.5. The van der Waals surface area contributed by atoms with Gasteiger partial charge in [0.25, 0.3) is 0 Å². The van der Waals surface area contributed by atoms with Crippen LogP contribution >= 0.6 is 0 Å². The van der Waals surface area contributed by atoms with Gasteiger partial charge in [0.05, 0.1) is 24.1 Å². The average Bonchev–Trinajstić information content (AvgIpc) is 2.66. The normalized spacial score (nSPS) is 11.0. The van der Waals surface area contributed by atoms with Crippen LogP contribution in [-0.4, -0.2) is 39.7 Å². The monoisotopic (exact) mass is 422 g/mol. The summed E-state index contributed by atoms with van der Waals surface area (Å²) in [4.78, 5) is 23.9. The van der Waals surface area contributed by atoms with Gasteiger partial charge in [-0.1, -0.05) is 6.07 Å². The molecule has 0 radical (unpaired) electrons. The van der Waals surface area contributed by atoms with Gasteiger partial charge in [-0.2, -0.15) is 0 Å². The van der Waals surface area contributed by atoms with Crippen LogP contribution in [0, 0.1) is 5.82 Å². The second-order valence-electron chi connectivity index (χ2n) is 6.26. The van der Waals surface area contributed by atoms with Gasteiger partial charge in [-0.15, -0.1) is 0 Å². The van der Waals surface area contributed by atoms with Crippen molar-refractivity contribution in [1.29, 1.82) is 0 Å². The molecule has 29 heavy (non-hydrogen) atoms. The first-order valence-electron chi connectivity index (χ1n) is 9.01. The molecule has 2 rings (SSSR count). The smallest absolute Gasteiger partial charge is 0.338 e. The van der Waals surface area contributed by atoms with E-state index in [1.807, 2.05) is 0 Å². The third-order valence-corrected chi connectivity index (χ3v) is 5.13. The molecule has 7 nitrogen and oxygen atoms in total. The minimum absolute atomic E-state index is 0.0663. The lowest BCUT2D eigenvalue weighted by Crippen LogP contribution is -2.31. The van der Waals surface area contributed by atoms with Gasteiger partial charge in [0, 0.05) is 18.7 Å². The number of carbonyl (C=O) groups excluding carboxylic acids is 2. The van der Waals surface area contributed by atoms with E-state index in [-0.39, 0.29) is 31.9 Å². The zero-order chi connectivity index (χ0) is 21.4. The van der Waals surface area contributed by atoms with Crippen molar-refractivity contribution in [2.24, 2.45) is 0 Å². The highest BCUT2D eigenvalue weighted by molar-refractivity contribution is 7.92. The van der Waals surface area contributed by atoms with Gasteiger partial charge in [0.15, 0.2) is 0 Å². The zero-order valence-corrected chi connectivity index (χ0v) is 17.0. The van der Waals surface area contributed by atoms with Gasteiger partial charge >= 0.3 is 5.97 Å². The fraction of sp³-hybridized carbons (Fsp3) is 0.300. The molecule has 9 heteroatoms. The van der Waals surface area contributed by atoms with Crippen molar-refractivity contribution in [3.05, 3.63) is 59.9 Å². The van der Waals surface area contributed by atoms with Crippen LogP contribution in [0.2, 0.25) is 0 Å². The van der Waals surface area contributed by atoms with Crippen molar-refractivity contribution < 1.29 is 27.1 Å². The first kappa shape index (κ1) is 22.4. The summed E-state index contributed by atoms with van der Waals surface area (Å²) in [5.74, 6) is -1.27. The molecule has 2 aromatic carbocycles. The molecule has 0 fully saturated rings. The Hall–Kier alpha value is -2.94. The number of halogens is 1. The molecule has 0 saturated heterocycles. The molecule has 2 aromatic rings. The molecule has 0 unspecified atom stereocenters. The quantitative estimate of drug-likeness (QED) is 0.627. The lowest BCUT2D eigenvalue weighted by Gasteiger charge is -2.22. The van der Waals surface area contributed by atoms with E-state index < -0.39 is 21.8 Å². The van der Waals surface area contributed by atoms with Crippen molar-refractivity contribution in [2.45, 2.75) is 19.8 Å². The first-order chi connectivity index (χ1) is 13.7. The maximum absolute atomic E-state index is 13.1. The van der Waals surface area contributed by atoms with Crippen LogP contribution in [0.3, 0.4) is 0 Å². The third kappa shape index (κ3) is 6.86. The number of ether oxygens (including phenoxy) is 1. The van der Waals surface area contributed by atoms with Crippen LogP contribution < -0.4 is 9.62 Å². The maximum Gasteiger partial charge on any atom is 0.338 e. The summed E-state index contributed by atoms with van der Waals surface area (Å²) in [5, 5.41) is 2.67. The lowest BCUT2D eigenvalue weighted by atomic mass is 10.2. The second-order valence-corrected chi connectivity index (χ2v) is 8.17. The number of nitrogens with zero attached hydrogens (tertiary/aromatic N) is 1. The number of sulfonamides is 1. The predicted molar refractivity (Wildman–Crippen MR) is 109 cm³/mol. The van der Waals surface area contributed by atoms with Crippen molar-refractivity contribution >= 4 is 33.3 Å². The minimum atomic E-state index is -3.58. The Kier molecular flexibility index (Phi) is 7.72. The van der Waals surface area contributed by atoms with E-state index >= 15 is 0 Å². The molecule has 0 aliphatic rings. The van der Waals surface area contributed by atoms with E-state index in [4.69, 9.17) is 4.74 Å². The molecule has 1 amide bonds. The summed E-state index contributed by atoms with van der Waals surface area (Å²) in [6.45, 7) is 2.02. The van der Waals surface area contributed by atoms with E-state index in [9.17, 15) is 22.4 Å². The molecule has 0 aliphatic heterocycles. The molecule has 1 N–H and O–H groups in total. The zero-order valence-electron chi connectivity index (χ0n) is 16.2. The number of hydrogen-bond acceptors (Lipinski definition) is 5. The number of anilines is 2. The fourth-order valence-electron chi connectivity index (χ4n) is 2.64. The summed E-state index contributed by atoms with van der Waals surface area (Å²) >= 11 is 0. The van der Waals surface area contributed by atoms with Crippen molar-refractivity contribution in [1.82, 2.24) is 0 Å². The molecular weight excluding hydrogens is 399 g/mol. The SMILES string of the molecule is CCOC(=O)c1cccc(NC(=O)CCCN(c2ccc(F)cc2)S(C)(=O)=O)c1. The Labute approximate surface area is 169 Å². The highest BCUT2D eigenvalue weighted by Gasteiger charge is 2.18. The molecular formula is C20H23FN2O5S. The van der Waals surface area contributed by atoms with Crippen LogP contribution in [-0.2, 0) is 19.6 Å². The standard InChI is InChI=1S/C20H23FN2O5S/c1-3-28-20(25)15-6-4-7-17(14-15)22-19(24)8-5-13-23(29(2,26)27)18-11-9-16(21)10-12-18/h4,6-7,9-12,14H,3,5,8,13H2,1-2H3,(H,22,24). The Morgan fingerprint density at radius 2 is 1.83 bits per heavy atom. The lowest BCUT2D eigenvalue weighted by molar-refractivity contribution is -0.116. The molecule has 0 spiro atoms. The number of hydrogen-bond donors (Lipinski definition) is 1. The number of benzene rings is 2. The largest absolute Gasteiger partial charge is 0.462 e. The van der Waals surface area contributed by atoms with E-state index in [0.29, 0.717) is 16.9 Å². The summed E-state index contributed by atoms with van der Waals surface area (Å²) in [7, 11) is -3.58. The van der Waals surface area contributed by atoms with Gasteiger partial charge in [-0.3, -0.25) is 9.10 Å². The van der Waals surface area contributed by atoms with E-state index in [1.165, 1.54) is 30.3 Å². The molecule has 0 bridgehead atoms. The predicted octanol–water partition coefficient (Wildman–Crippen LogP) is 3.19. The van der Waals surface area contributed by atoms with Gasteiger partial charge in [0.2, 0.25) is 15.9 Å². The fourth-order valence-corrected chi connectivity index (χ4v) is 3.60. The number of amides is 1. The van der Waals surface area contributed by atoms with E-state index in [0.717, 1.165) is 10.6 Å². The Morgan fingerprint density at radius 1 is 1.14 bits per heavy atom. The Balaban J connectivity index is 1.95. The highest BCUT2D eigenvalue weighted by atomic mass is 32.2. The van der Waals surface area contributed by atoms with Gasteiger partial charge in [-0.05, 0) is 55.8 Å². The van der Waals surface area contributed by atoms with Crippen LogP contribution in [0.5, 0.6) is 0 Å². The summed E-state index contributed by atoms with van der Waals surface area (Å²) in [6.07, 6.45) is 1.38. The van der Waals surface area contributed by atoms with Crippen LogP contribution in [0.1, 0.15) is 30.1 Å². The Morgan fingerprint density at radius 3 is 2.45 bits per heavy atom. The van der Waals surface area contributed by atoms with Crippen molar-refractivity contribution in [2.75, 3.05) is 29.0 Å². The molecule has 0 saturated carbocycles. The summed E-state index contributed by atoms with van der Waals surface area (Å²) < 4.78 is 43.2. The molecule has 156 valence electrons. The topological polar surface area (TPSA) is 92.8 Å². The number of nitrogens with one attached hydrogen (secondary N) is 1. The molecule has 0 aliphatic carbocycles. The number of rotatable bonds is 9. The van der Waals surface area contributed by atoms with E-state index in [1.54, 1.807) is 25.1 Å². The highest BCUT2D eigenvalue weighted by Crippen LogP contribution is 2.19. The van der Waals surface area contributed by atoms with Crippen LogP contribution in [0.15, 0.2) is 48.5 Å². The van der Waals surface area contributed by atoms with E-state index in [2.05, 4.69) is 5.32 Å². The van der Waals surface area contributed by atoms with Gasteiger partial charge in [0.1, 0.15) is 5.82 Å². The molecule has 0 atom stereocenters. The second kappa shape index (κ2) is 10.0. The molecule has 0 heterocycles. The maximum atomic E-state index is 13.1. The number of carbonyl (C=O) groups is 2. The minimum Gasteiger partial charge on any atom is -0.462 e. The van der Waals surface area contributed by atoms with Crippen LogP contribution in [0.4, 0.5) is 15.8 Å². The summed E-state index contributed by atoms with van der Waals surface area (Å²) in [5.41, 5.74) is 1.10.